The first kappa shape index (κ1) is 19.3. The molecule has 22 heavy (non-hydrogen) atoms. The van der Waals surface area contributed by atoms with E-state index in [-0.39, 0.29) is 0 Å². The summed E-state index contributed by atoms with van der Waals surface area (Å²) in [6.45, 7) is 6.88. The normalized spacial score (nSPS) is 11.0. The molecule has 0 aliphatic heterocycles. The van der Waals surface area contributed by atoms with Crippen molar-refractivity contribution in [3.8, 4) is 0 Å². The molecule has 0 aromatic heterocycles. The lowest BCUT2D eigenvalue weighted by Gasteiger charge is -2.14. The van der Waals surface area contributed by atoms with Crippen LogP contribution in [0.2, 0.25) is 0 Å². The first-order valence-corrected chi connectivity index (χ1v) is 9.84. The van der Waals surface area contributed by atoms with Crippen molar-refractivity contribution in [2.24, 2.45) is 0 Å². The fourth-order valence-electron chi connectivity index (χ4n) is 3.20. The molecule has 0 aliphatic carbocycles. The molecule has 0 N–H and O–H groups in total. The molecular weight excluding hydrogens is 264 g/mol. The van der Waals surface area contributed by atoms with E-state index in [4.69, 9.17) is 0 Å². The molecule has 1 rings (SSSR count). The van der Waals surface area contributed by atoms with E-state index in [0.717, 1.165) is 0 Å². The van der Waals surface area contributed by atoms with Gasteiger partial charge in [0, 0.05) is 0 Å². The summed E-state index contributed by atoms with van der Waals surface area (Å²) in [4.78, 5) is 0. The van der Waals surface area contributed by atoms with Gasteiger partial charge in [-0.1, -0.05) is 77.8 Å². The van der Waals surface area contributed by atoms with Gasteiger partial charge in [0.05, 0.1) is 0 Å². The zero-order valence-electron chi connectivity index (χ0n) is 15.3. The molecule has 1 aromatic carbocycles. The fraction of sp³-hybridized carbons (Fsp3) is 0.727. The summed E-state index contributed by atoms with van der Waals surface area (Å²) < 4.78 is 0. The summed E-state index contributed by atoms with van der Waals surface area (Å²) in [6.07, 6.45) is 17.3. The van der Waals surface area contributed by atoms with Gasteiger partial charge in [0.25, 0.3) is 0 Å². The molecule has 0 nitrogen and oxygen atoms in total. The zero-order chi connectivity index (χ0) is 16.0. The van der Waals surface area contributed by atoms with Crippen molar-refractivity contribution in [2.45, 2.75) is 104 Å². The van der Waals surface area contributed by atoms with Gasteiger partial charge in [-0.05, 0) is 61.3 Å². The van der Waals surface area contributed by atoms with Crippen LogP contribution in [0.15, 0.2) is 12.1 Å². The van der Waals surface area contributed by atoms with Crippen molar-refractivity contribution in [1.82, 2.24) is 0 Å². The molecule has 0 saturated heterocycles. The Bertz CT molecular complexity index is 378. The quantitative estimate of drug-likeness (QED) is 0.342. The fourth-order valence-corrected chi connectivity index (χ4v) is 3.20. The highest BCUT2D eigenvalue weighted by Gasteiger charge is 2.08. The van der Waals surface area contributed by atoms with Crippen LogP contribution >= 0.6 is 0 Å². The second kappa shape index (κ2) is 12.7. The van der Waals surface area contributed by atoms with Crippen LogP contribution in [0, 0.1) is 6.07 Å². The minimum absolute atomic E-state index is 1.24. The van der Waals surface area contributed by atoms with E-state index < -0.39 is 0 Å². The van der Waals surface area contributed by atoms with Crippen LogP contribution in [0.1, 0.15) is 102 Å². The summed E-state index contributed by atoms with van der Waals surface area (Å²) >= 11 is 0. The molecule has 1 aromatic rings. The third-order valence-corrected chi connectivity index (χ3v) is 4.65. The SMILES string of the molecule is CCCCCCCCc1[c]ccc(CCCC)c1CCCC. The van der Waals surface area contributed by atoms with Crippen LogP contribution in [0.25, 0.3) is 0 Å². The number of unbranched alkanes of at least 4 members (excludes halogenated alkanes) is 7. The van der Waals surface area contributed by atoms with Gasteiger partial charge in [-0.25, -0.2) is 0 Å². The highest BCUT2D eigenvalue weighted by molar-refractivity contribution is 5.35. The Morgan fingerprint density at radius 2 is 1.32 bits per heavy atom. The molecule has 0 heteroatoms. The molecule has 0 unspecified atom stereocenters. The van der Waals surface area contributed by atoms with Crippen molar-refractivity contribution >= 4 is 0 Å². The molecule has 0 fully saturated rings. The van der Waals surface area contributed by atoms with Gasteiger partial charge in [0.15, 0.2) is 0 Å². The smallest absolute Gasteiger partial charge is 0.0146 e. The monoisotopic (exact) mass is 301 g/mol. The van der Waals surface area contributed by atoms with Crippen LogP contribution in [0.3, 0.4) is 0 Å². The molecule has 0 aliphatic rings. The van der Waals surface area contributed by atoms with Crippen LogP contribution < -0.4 is 0 Å². The van der Waals surface area contributed by atoms with Gasteiger partial charge in [0.1, 0.15) is 0 Å². The van der Waals surface area contributed by atoms with Gasteiger partial charge >= 0.3 is 0 Å². The maximum Gasteiger partial charge on any atom is -0.0146 e. The highest BCUT2D eigenvalue weighted by Crippen LogP contribution is 2.21. The van der Waals surface area contributed by atoms with E-state index in [0.29, 0.717) is 0 Å². The van der Waals surface area contributed by atoms with Crippen molar-refractivity contribution in [3.63, 3.8) is 0 Å². The van der Waals surface area contributed by atoms with E-state index in [2.05, 4.69) is 39.0 Å². The summed E-state index contributed by atoms with van der Waals surface area (Å²) in [5, 5.41) is 0. The molecule has 0 atom stereocenters. The van der Waals surface area contributed by atoms with Crippen molar-refractivity contribution in [3.05, 3.63) is 34.9 Å². The Morgan fingerprint density at radius 1 is 0.682 bits per heavy atom. The summed E-state index contributed by atoms with van der Waals surface area (Å²) in [5.41, 5.74) is 4.78. The summed E-state index contributed by atoms with van der Waals surface area (Å²) in [5.74, 6) is 0. The van der Waals surface area contributed by atoms with Crippen LogP contribution in [-0.2, 0) is 19.3 Å². The lowest BCUT2D eigenvalue weighted by Crippen LogP contribution is -2.02. The number of hydrogen-bond donors (Lipinski definition) is 0. The third-order valence-electron chi connectivity index (χ3n) is 4.65. The summed E-state index contributed by atoms with van der Waals surface area (Å²) in [7, 11) is 0. The first-order valence-electron chi connectivity index (χ1n) is 9.84. The average molecular weight is 302 g/mol. The number of benzene rings is 1. The van der Waals surface area contributed by atoms with E-state index in [1.165, 1.54) is 89.0 Å². The first-order chi connectivity index (χ1) is 10.8. The standard InChI is InChI=1S/C22H37/c1-4-7-10-11-12-13-16-21-18-14-17-20(15-8-5-2)22(21)19-9-6-3/h14,17H,4-13,15-16,19H2,1-3H3. The van der Waals surface area contributed by atoms with Crippen molar-refractivity contribution < 1.29 is 0 Å². The Morgan fingerprint density at radius 3 is 2.05 bits per heavy atom. The Hall–Kier alpha value is -0.780. The minimum atomic E-state index is 1.24. The van der Waals surface area contributed by atoms with Crippen LogP contribution in [-0.4, -0.2) is 0 Å². The van der Waals surface area contributed by atoms with Gasteiger partial charge in [0.2, 0.25) is 0 Å². The number of rotatable bonds is 13. The Balaban J connectivity index is 2.58. The van der Waals surface area contributed by atoms with Gasteiger partial charge in [-0.15, -0.1) is 0 Å². The van der Waals surface area contributed by atoms with E-state index in [9.17, 15) is 0 Å². The maximum absolute atomic E-state index is 3.56. The predicted molar refractivity (Wildman–Crippen MR) is 99.6 cm³/mol. The van der Waals surface area contributed by atoms with E-state index in [1.54, 1.807) is 11.1 Å². The molecule has 0 spiro atoms. The average Bonchev–Trinajstić information content (AvgIpc) is 2.55. The second-order valence-corrected chi connectivity index (χ2v) is 6.68. The topological polar surface area (TPSA) is 0 Å². The van der Waals surface area contributed by atoms with Crippen molar-refractivity contribution in [2.75, 3.05) is 0 Å². The molecular formula is C22H37. The van der Waals surface area contributed by atoms with E-state index in [1.807, 2.05) is 0 Å². The lowest BCUT2D eigenvalue weighted by molar-refractivity contribution is 0.605. The predicted octanol–water partition coefficient (Wildman–Crippen LogP) is 7.07. The molecule has 1 radical (unpaired) electrons. The zero-order valence-corrected chi connectivity index (χ0v) is 15.3. The molecule has 0 bridgehead atoms. The third kappa shape index (κ3) is 7.47. The maximum atomic E-state index is 3.56. The van der Waals surface area contributed by atoms with Gasteiger partial charge < -0.3 is 0 Å². The minimum Gasteiger partial charge on any atom is -0.0654 e. The number of aryl methyl sites for hydroxylation is 2. The van der Waals surface area contributed by atoms with Crippen LogP contribution in [0.5, 0.6) is 0 Å². The van der Waals surface area contributed by atoms with Gasteiger partial charge in [-0.2, -0.15) is 0 Å². The molecule has 0 saturated carbocycles. The highest BCUT2D eigenvalue weighted by atomic mass is 14.1. The molecule has 125 valence electrons. The van der Waals surface area contributed by atoms with Gasteiger partial charge in [-0.3, -0.25) is 0 Å². The van der Waals surface area contributed by atoms with E-state index >= 15 is 0 Å². The van der Waals surface area contributed by atoms with Crippen molar-refractivity contribution in [1.29, 1.82) is 0 Å². The Kier molecular flexibility index (Phi) is 11.2. The lowest BCUT2D eigenvalue weighted by atomic mass is 9.91. The molecule has 0 amide bonds. The summed E-state index contributed by atoms with van der Waals surface area (Å²) in [6, 6.07) is 8.06. The molecule has 0 heterocycles. The number of hydrogen-bond acceptors (Lipinski definition) is 0. The Labute approximate surface area is 139 Å². The second-order valence-electron chi connectivity index (χ2n) is 6.68. The van der Waals surface area contributed by atoms with Crippen LogP contribution in [0.4, 0.5) is 0 Å². The largest absolute Gasteiger partial charge is 0.0654 e.